The van der Waals surface area contributed by atoms with Crippen LogP contribution >= 0.6 is 0 Å². The molecule has 2 aliphatic heterocycles. The molecule has 0 aliphatic carbocycles. The van der Waals surface area contributed by atoms with Gasteiger partial charge in [-0.15, -0.1) is 12.8 Å². The van der Waals surface area contributed by atoms with Gasteiger partial charge < -0.3 is 20.6 Å². The lowest BCUT2D eigenvalue weighted by molar-refractivity contribution is -0.139. The van der Waals surface area contributed by atoms with Gasteiger partial charge >= 0.3 is 5.97 Å². The second kappa shape index (κ2) is 16.9. The predicted octanol–water partition coefficient (Wildman–Crippen LogP) is 2.99. The molecule has 0 spiro atoms. The SMILES string of the molecule is C#C.CCCCS(=O)(=O)NC(CC)C(=O)O.Cc1ccc2c(c1)C(=O)N(C)C(CCC1CCNCC1)C(=O)N2. The van der Waals surface area contributed by atoms with Crippen LogP contribution < -0.4 is 15.4 Å². The number of terminal acetylenes is 1. The molecule has 0 saturated carbocycles. The van der Waals surface area contributed by atoms with E-state index in [0.717, 1.165) is 50.8 Å². The maximum absolute atomic E-state index is 12.7. The van der Waals surface area contributed by atoms with Gasteiger partial charge in [-0.2, -0.15) is 0 Å². The first-order valence-electron chi connectivity index (χ1n) is 13.4. The van der Waals surface area contributed by atoms with Crippen LogP contribution in [0.25, 0.3) is 0 Å². The van der Waals surface area contributed by atoms with Crippen LogP contribution in [0.15, 0.2) is 18.2 Å². The van der Waals surface area contributed by atoms with Crippen molar-refractivity contribution in [2.75, 3.05) is 31.2 Å². The number of carboxylic acids is 1. The van der Waals surface area contributed by atoms with Crippen molar-refractivity contribution in [3.63, 3.8) is 0 Å². The number of benzene rings is 1. The third-order valence-electron chi connectivity index (χ3n) is 6.86. The highest BCUT2D eigenvalue weighted by atomic mass is 32.2. The number of sulfonamides is 1. The molecular weight excluding hydrogens is 520 g/mol. The van der Waals surface area contributed by atoms with Gasteiger partial charge in [0.1, 0.15) is 12.1 Å². The Labute approximate surface area is 233 Å². The molecule has 0 radical (unpaired) electrons. The molecule has 218 valence electrons. The van der Waals surface area contributed by atoms with E-state index in [4.69, 9.17) is 5.11 Å². The van der Waals surface area contributed by atoms with Gasteiger partial charge in [-0.05, 0) is 76.6 Å². The minimum Gasteiger partial charge on any atom is -0.480 e. The van der Waals surface area contributed by atoms with Crippen molar-refractivity contribution in [2.24, 2.45) is 5.92 Å². The molecule has 4 N–H and O–H groups in total. The van der Waals surface area contributed by atoms with Crippen molar-refractivity contribution in [1.29, 1.82) is 0 Å². The first kappa shape index (κ1) is 34.1. The number of fused-ring (bicyclic) bond motifs is 1. The molecule has 1 saturated heterocycles. The second-order valence-electron chi connectivity index (χ2n) is 9.83. The monoisotopic (exact) mass is 564 g/mol. The number of unbranched alkanes of at least 4 members (excludes halogenated alkanes) is 1. The third-order valence-corrected chi connectivity index (χ3v) is 8.33. The van der Waals surface area contributed by atoms with Crippen LogP contribution in [0.4, 0.5) is 5.69 Å². The quantitative estimate of drug-likeness (QED) is 0.320. The summed E-state index contributed by atoms with van der Waals surface area (Å²) in [5.41, 5.74) is 2.24. The molecule has 2 atom stereocenters. The summed E-state index contributed by atoms with van der Waals surface area (Å²) in [7, 11) is -1.69. The molecular formula is C28H44N4O6S. The molecule has 1 fully saturated rings. The number of aryl methyl sites for hydroxylation is 1. The molecule has 2 aliphatic rings. The standard InChI is InChI=1S/C18H25N3O2.C8H17NO4S.C2H2/c1-12-3-5-15-14(11-12)18(23)21(2)16(17(22)20-15)6-4-13-7-9-19-10-8-13;1-3-5-6-14(12,13)9-7(4-2)8(10)11;1-2/h3,5,11,13,16,19H,4,6-10H2,1-2H3,(H,20,22);7,9H,3-6H2,1-2H3,(H,10,11);1-2H. The van der Waals surface area contributed by atoms with Crippen LogP contribution in [0.2, 0.25) is 0 Å². The van der Waals surface area contributed by atoms with E-state index in [1.54, 1.807) is 18.9 Å². The fourth-order valence-electron chi connectivity index (χ4n) is 4.47. The van der Waals surface area contributed by atoms with Crippen molar-refractivity contribution < 1.29 is 27.9 Å². The number of rotatable bonds is 10. The Morgan fingerprint density at radius 1 is 1.18 bits per heavy atom. The minimum atomic E-state index is -3.43. The van der Waals surface area contributed by atoms with E-state index >= 15 is 0 Å². The number of nitrogens with one attached hydrogen (secondary N) is 3. The van der Waals surface area contributed by atoms with Gasteiger partial charge in [-0.25, -0.2) is 13.1 Å². The van der Waals surface area contributed by atoms with Gasteiger partial charge in [0.05, 0.1) is 17.0 Å². The van der Waals surface area contributed by atoms with Crippen LogP contribution in [0.1, 0.15) is 74.7 Å². The number of nitrogens with zero attached hydrogens (tertiary/aromatic N) is 1. The first-order valence-corrected chi connectivity index (χ1v) is 15.1. The maximum Gasteiger partial charge on any atom is 0.321 e. The van der Waals surface area contributed by atoms with Gasteiger partial charge in [0.15, 0.2) is 0 Å². The highest BCUT2D eigenvalue weighted by molar-refractivity contribution is 7.89. The number of aliphatic carboxylic acids is 1. The van der Waals surface area contributed by atoms with E-state index in [1.807, 2.05) is 32.0 Å². The molecule has 39 heavy (non-hydrogen) atoms. The fraction of sp³-hybridized carbons (Fsp3) is 0.607. The fourth-order valence-corrected chi connectivity index (χ4v) is 5.96. The number of likely N-dealkylation sites (N-methyl/N-ethyl adjacent to an activating group) is 1. The van der Waals surface area contributed by atoms with Crippen LogP contribution in [0, 0.1) is 25.7 Å². The van der Waals surface area contributed by atoms with Crippen molar-refractivity contribution in [3.8, 4) is 12.8 Å². The van der Waals surface area contributed by atoms with Crippen LogP contribution in [-0.4, -0.2) is 74.2 Å². The number of carboxylic acid groups (broad SMARTS) is 1. The molecule has 1 aromatic rings. The van der Waals surface area contributed by atoms with E-state index in [-0.39, 0.29) is 30.0 Å². The highest BCUT2D eigenvalue weighted by Gasteiger charge is 2.33. The average molecular weight is 565 g/mol. The van der Waals surface area contributed by atoms with E-state index in [9.17, 15) is 22.8 Å². The number of hydrogen-bond donors (Lipinski definition) is 4. The first-order chi connectivity index (χ1) is 18.5. The lowest BCUT2D eigenvalue weighted by Crippen LogP contribution is -2.43. The number of amides is 2. The zero-order chi connectivity index (χ0) is 29.6. The van der Waals surface area contributed by atoms with Gasteiger partial charge in [0.25, 0.3) is 5.91 Å². The van der Waals surface area contributed by atoms with Crippen molar-refractivity contribution in [2.45, 2.75) is 77.8 Å². The van der Waals surface area contributed by atoms with Gasteiger partial charge in [-0.3, -0.25) is 14.4 Å². The van der Waals surface area contributed by atoms with Gasteiger partial charge in [-0.1, -0.05) is 31.9 Å². The number of anilines is 1. The van der Waals surface area contributed by atoms with Crippen LogP contribution in [0.3, 0.4) is 0 Å². The predicted molar refractivity (Wildman–Crippen MR) is 154 cm³/mol. The summed E-state index contributed by atoms with van der Waals surface area (Å²) in [5.74, 6) is -0.629. The van der Waals surface area contributed by atoms with Gasteiger partial charge in [0.2, 0.25) is 15.9 Å². The average Bonchev–Trinajstić information content (AvgIpc) is 3.01. The Morgan fingerprint density at radius 2 is 1.82 bits per heavy atom. The summed E-state index contributed by atoms with van der Waals surface area (Å²) in [6.45, 7) is 7.57. The van der Waals surface area contributed by atoms with Crippen molar-refractivity contribution >= 4 is 33.5 Å². The summed E-state index contributed by atoms with van der Waals surface area (Å²) in [5, 5.41) is 14.9. The zero-order valence-electron chi connectivity index (χ0n) is 23.5. The van der Waals surface area contributed by atoms with E-state index in [1.165, 1.54) is 0 Å². The Kier molecular flexibility index (Phi) is 14.8. The molecule has 0 bridgehead atoms. The lowest BCUT2D eigenvalue weighted by atomic mass is 9.91. The molecule has 2 unspecified atom stereocenters. The molecule has 1 aromatic carbocycles. The molecule has 0 aromatic heterocycles. The summed E-state index contributed by atoms with van der Waals surface area (Å²) in [6, 6.07) is 4.21. The smallest absolute Gasteiger partial charge is 0.321 e. The molecule has 2 amide bonds. The number of hydrogen-bond acceptors (Lipinski definition) is 6. The van der Waals surface area contributed by atoms with E-state index in [2.05, 4.69) is 28.2 Å². The van der Waals surface area contributed by atoms with Crippen molar-refractivity contribution in [3.05, 3.63) is 29.3 Å². The Balaban J connectivity index is 0.000000411. The minimum absolute atomic E-state index is 0.00667. The summed E-state index contributed by atoms with van der Waals surface area (Å²) in [4.78, 5) is 37.5. The normalized spacial score (nSPS) is 18.3. The Hall–Kier alpha value is -2.94. The van der Waals surface area contributed by atoms with E-state index < -0.39 is 22.0 Å². The summed E-state index contributed by atoms with van der Waals surface area (Å²) in [6.07, 6.45) is 13.6. The zero-order valence-corrected chi connectivity index (χ0v) is 24.4. The summed E-state index contributed by atoms with van der Waals surface area (Å²) < 4.78 is 24.7. The van der Waals surface area contributed by atoms with E-state index in [0.29, 0.717) is 23.6 Å². The maximum atomic E-state index is 12.7. The molecule has 10 nitrogen and oxygen atoms in total. The third kappa shape index (κ3) is 11.0. The number of carbonyl (C=O) groups excluding carboxylic acids is 2. The Bertz CT molecular complexity index is 1080. The number of piperidine rings is 1. The lowest BCUT2D eigenvalue weighted by Gasteiger charge is -2.28. The molecule has 11 heteroatoms. The molecule has 3 rings (SSSR count). The van der Waals surface area contributed by atoms with Gasteiger partial charge in [0, 0.05) is 7.05 Å². The van der Waals surface area contributed by atoms with Crippen molar-refractivity contribution in [1.82, 2.24) is 14.9 Å². The number of carbonyl (C=O) groups is 3. The largest absolute Gasteiger partial charge is 0.480 e. The topological polar surface area (TPSA) is 145 Å². The van der Waals surface area contributed by atoms with Crippen LogP contribution in [-0.2, 0) is 19.6 Å². The summed E-state index contributed by atoms with van der Waals surface area (Å²) >= 11 is 0. The second-order valence-corrected chi connectivity index (χ2v) is 11.7. The molecule has 2 heterocycles. The Morgan fingerprint density at radius 3 is 2.38 bits per heavy atom. The van der Waals surface area contributed by atoms with Crippen LogP contribution in [0.5, 0.6) is 0 Å². The highest BCUT2D eigenvalue weighted by Crippen LogP contribution is 2.27.